The Hall–Kier alpha value is -1.06. The van der Waals surface area contributed by atoms with Crippen molar-refractivity contribution in [3.05, 3.63) is 0 Å². The molecule has 0 fully saturated rings. The van der Waals surface area contributed by atoms with Crippen molar-refractivity contribution in [2.24, 2.45) is 5.92 Å². The maximum Gasteiger partial charge on any atom is 0.306 e. The van der Waals surface area contributed by atoms with Gasteiger partial charge in [0, 0.05) is 6.42 Å². The van der Waals surface area contributed by atoms with Crippen molar-refractivity contribution in [1.29, 1.82) is 0 Å². The number of rotatable bonds is 10. The smallest absolute Gasteiger partial charge is 0.306 e. The number of hydrogen-bond donors (Lipinski definition) is 1. The Balaban J connectivity index is 3.54. The summed E-state index contributed by atoms with van der Waals surface area (Å²) in [7, 11) is 0. The summed E-state index contributed by atoms with van der Waals surface area (Å²) in [6.07, 6.45) is 5.36. The zero-order valence-corrected chi connectivity index (χ0v) is 10.9. The van der Waals surface area contributed by atoms with Crippen molar-refractivity contribution >= 4 is 11.9 Å². The van der Waals surface area contributed by atoms with Gasteiger partial charge in [-0.05, 0) is 26.2 Å². The predicted octanol–water partition coefficient (Wildman–Crippen LogP) is 3.00. The quantitative estimate of drug-likeness (QED) is 0.474. The van der Waals surface area contributed by atoms with Gasteiger partial charge in [0.05, 0.1) is 12.5 Å². The van der Waals surface area contributed by atoms with Gasteiger partial charge in [0.1, 0.15) is 0 Å². The summed E-state index contributed by atoms with van der Waals surface area (Å²) < 4.78 is 4.81. The van der Waals surface area contributed by atoms with Gasteiger partial charge < -0.3 is 9.84 Å². The van der Waals surface area contributed by atoms with Crippen molar-refractivity contribution in [3.63, 3.8) is 0 Å². The number of hydrogen-bond acceptors (Lipinski definition) is 3. The van der Waals surface area contributed by atoms with E-state index in [1.165, 1.54) is 0 Å². The molecule has 0 bridgehead atoms. The first-order chi connectivity index (χ1) is 8.11. The molecule has 0 saturated carbocycles. The van der Waals surface area contributed by atoms with Gasteiger partial charge in [-0.3, -0.25) is 9.59 Å². The number of carbonyl (C=O) groups excluding carboxylic acids is 1. The van der Waals surface area contributed by atoms with E-state index in [4.69, 9.17) is 9.84 Å². The number of unbranched alkanes of at least 4 members (excludes halogenated alkanes) is 2. The summed E-state index contributed by atoms with van der Waals surface area (Å²) in [5.74, 6) is -1.07. The maximum absolute atomic E-state index is 11.0. The normalized spacial score (nSPS) is 12.1. The summed E-state index contributed by atoms with van der Waals surface area (Å²) in [4.78, 5) is 21.9. The first-order valence-corrected chi connectivity index (χ1v) is 6.50. The van der Waals surface area contributed by atoms with Crippen LogP contribution in [0.3, 0.4) is 0 Å². The van der Waals surface area contributed by atoms with Gasteiger partial charge in [0.2, 0.25) is 0 Å². The molecule has 1 N–H and O–H groups in total. The molecule has 0 rings (SSSR count). The average molecular weight is 244 g/mol. The number of carboxylic acid groups (broad SMARTS) is 1. The minimum Gasteiger partial charge on any atom is -0.481 e. The van der Waals surface area contributed by atoms with Crippen molar-refractivity contribution in [2.45, 2.75) is 58.8 Å². The number of carboxylic acids is 1. The van der Waals surface area contributed by atoms with E-state index >= 15 is 0 Å². The molecule has 0 aromatic carbocycles. The van der Waals surface area contributed by atoms with Crippen LogP contribution < -0.4 is 0 Å². The van der Waals surface area contributed by atoms with Gasteiger partial charge in [0.25, 0.3) is 0 Å². The fraction of sp³-hybridized carbons (Fsp3) is 0.846. The van der Waals surface area contributed by atoms with Gasteiger partial charge in [-0.25, -0.2) is 0 Å². The maximum atomic E-state index is 11.0. The van der Waals surface area contributed by atoms with E-state index in [9.17, 15) is 9.59 Å². The molecule has 17 heavy (non-hydrogen) atoms. The van der Waals surface area contributed by atoms with E-state index in [0.717, 1.165) is 32.1 Å². The molecule has 0 aliphatic heterocycles. The van der Waals surface area contributed by atoms with Crippen LogP contribution in [0.1, 0.15) is 58.8 Å². The standard InChI is InChI=1S/C13H24O4/c1-3-8-11(13(15)16)9-6-5-7-10-12(14)17-4-2/h11H,3-10H2,1-2H3,(H,15,16). The Labute approximate surface area is 103 Å². The fourth-order valence-corrected chi connectivity index (χ4v) is 1.81. The van der Waals surface area contributed by atoms with Crippen LogP contribution in [-0.2, 0) is 14.3 Å². The largest absolute Gasteiger partial charge is 0.481 e. The van der Waals surface area contributed by atoms with Crippen LogP contribution in [0.25, 0.3) is 0 Å². The zero-order valence-electron chi connectivity index (χ0n) is 10.9. The molecule has 4 nitrogen and oxygen atoms in total. The van der Waals surface area contributed by atoms with Crippen LogP contribution in [0.15, 0.2) is 0 Å². The molecule has 0 saturated heterocycles. The molecule has 100 valence electrons. The third kappa shape index (κ3) is 8.72. The molecular formula is C13H24O4. The molecule has 0 aromatic heterocycles. The summed E-state index contributed by atoms with van der Waals surface area (Å²) >= 11 is 0. The third-order valence-electron chi connectivity index (χ3n) is 2.73. The first kappa shape index (κ1) is 15.9. The van der Waals surface area contributed by atoms with Gasteiger partial charge in [0.15, 0.2) is 0 Å². The second kappa shape index (κ2) is 10.1. The minimum absolute atomic E-state index is 0.157. The number of ether oxygens (including phenoxy) is 1. The average Bonchev–Trinajstić information content (AvgIpc) is 2.27. The molecule has 4 heteroatoms. The molecular weight excluding hydrogens is 220 g/mol. The van der Waals surface area contributed by atoms with Gasteiger partial charge in [-0.15, -0.1) is 0 Å². The van der Waals surface area contributed by atoms with Gasteiger partial charge >= 0.3 is 11.9 Å². The van der Waals surface area contributed by atoms with E-state index in [-0.39, 0.29) is 11.9 Å². The summed E-state index contributed by atoms with van der Waals surface area (Å²) in [5, 5.41) is 8.94. The van der Waals surface area contributed by atoms with Crippen molar-refractivity contribution in [2.75, 3.05) is 6.61 Å². The lowest BCUT2D eigenvalue weighted by molar-refractivity contribution is -0.144. The van der Waals surface area contributed by atoms with Crippen LogP contribution in [-0.4, -0.2) is 23.7 Å². The Bertz CT molecular complexity index is 225. The second-order valence-corrected chi connectivity index (χ2v) is 4.23. The lowest BCUT2D eigenvalue weighted by Crippen LogP contribution is -2.13. The van der Waals surface area contributed by atoms with Crippen LogP contribution in [0.5, 0.6) is 0 Å². The highest BCUT2D eigenvalue weighted by molar-refractivity contribution is 5.70. The van der Waals surface area contributed by atoms with E-state index in [1.807, 2.05) is 6.92 Å². The highest BCUT2D eigenvalue weighted by Crippen LogP contribution is 2.16. The van der Waals surface area contributed by atoms with Crippen molar-refractivity contribution < 1.29 is 19.4 Å². The van der Waals surface area contributed by atoms with E-state index in [1.54, 1.807) is 6.92 Å². The minimum atomic E-state index is -0.697. The van der Waals surface area contributed by atoms with Crippen LogP contribution in [0.2, 0.25) is 0 Å². The molecule has 0 aliphatic carbocycles. The van der Waals surface area contributed by atoms with E-state index in [2.05, 4.69) is 0 Å². The van der Waals surface area contributed by atoms with E-state index in [0.29, 0.717) is 19.4 Å². The highest BCUT2D eigenvalue weighted by Gasteiger charge is 2.15. The number of esters is 1. The zero-order chi connectivity index (χ0) is 13.1. The Morgan fingerprint density at radius 1 is 1.12 bits per heavy atom. The molecule has 0 radical (unpaired) electrons. The molecule has 0 heterocycles. The third-order valence-corrected chi connectivity index (χ3v) is 2.73. The number of carbonyl (C=O) groups is 2. The summed E-state index contributed by atoms with van der Waals surface area (Å²) in [6, 6.07) is 0. The molecule has 0 spiro atoms. The van der Waals surface area contributed by atoms with Crippen molar-refractivity contribution in [3.8, 4) is 0 Å². The second-order valence-electron chi connectivity index (χ2n) is 4.23. The molecule has 1 atom stereocenters. The van der Waals surface area contributed by atoms with E-state index < -0.39 is 5.97 Å². The molecule has 0 aliphatic rings. The molecule has 1 unspecified atom stereocenters. The van der Waals surface area contributed by atoms with Crippen LogP contribution >= 0.6 is 0 Å². The topological polar surface area (TPSA) is 63.6 Å². The first-order valence-electron chi connectivity index (χ1n) is 6.50. The Kier molecular flexibility index (Phi) is 9.49. The lowest BCUT2D eigenvalue weighted by atomic mass is 9.96. The number of aliphatic carboxylic acids is 1. The SMILES string of the molecule is CCCC(CCCCCC(=O)OCC)C(=O)O. The van der Waals surface area contributed by atoms with Gasteiger partial charge in [-0.2, -0.15) is 0 Å². The Morgan fingerprint density at radius 2 is 1.82 bits per heavy atom. The highest BCUT2D eigenvalue weighted by atomic mass is 16.5. The van der Waals surface area contributed by atoms with Crippen molar-refractivity contribution in [1.82, 2.24) is 0 Å². The predicted molar refractivity (Wildman–Crippen MR) is 65.8 cm³/mol. The lowest BCUT2D eigenvalue weighted by Gasteiger charge is -2.10. The molecule has 0 aromatic rings. The van der Waals surface area contributed by atoms with Gasteiger partial charge in [-0.1, -0.05) is 26.2 Å². The summed E-state index contributed by atoms with van der Waals surface area (Å²) in [5.41, 5.74) is 0. The molecule has 0 amide bonds. The van der Waals surface area contributed by atoms with Crippen LogP contribution in [0, 0.1) is 5.92 Å². The fourth-order valence-electron chi connectivity index (χ4n) is 1.81. The summed E-state index contributed by atoms with van der Waals surface area (Å²) in [6.45, 7) is 4.22. The van der Waals surface area contributed by atoms with Crippen LogP contribution in [0.4, 0.5) is 0 Å². The monoisotopic (exact) mass is 244 g/mol. The Morgan fingerprint density at radius 3 is 2.35 bits per heavy atom.